The van der Waals surface area contributed by atoms with Gasteiger partial charge >= 0.3 is 5.97 Å². The fraction of sp³-hybridized carbons (Fsp3) is 0.857. The summed E-state index contributed by atoms with van der Waals surface area (Å²) in [7, 11) is 1.27. The smallest absolute Gasteiger partial charge is 0.311 e. The Labute approximate surface area is 64.5 Å². The van der Waals surface area contributed by atoms with Crippen molar-refractivity contribution in [1.29, 1.82) is 0 Å². The number of rotatable bonds is 1. The van der Waals surface area contributed by atoms with E-state index in [4.69, 9.17) is 4.74 Å². The Morgan fingerprint density at radius 2 is 2.45 bits per heavy atom. The van der Waals surface area contributed by atoms with E-state index in [1.165, 1.54) is 7.11 Å². The molecule has 4 heteroatoms. The second kappa shape index (κ2) is 3.67. The van der Waals surface area contributed by atoms with Gasteiger partial charge in [-0.05, 0) is 6.42 Å². The molecule has 0 aromatic carbocycles. The average molecular weight is 162 g/mol. The van der Waals surface area contributed by atoms with Gasteiger partial charge in [0.2, 0.25) is 0 Å². The topological polar surface area (TPSA) is 35.5 Å². The van der Waals surface area contributed by atoms with Crippen LogP contribution in [0.15, 0.2) is 0 Å². The average Bonchev–Trinajstić information content (AvgIpc) is 2.04. The van der Waals surface area contributed by atoms with Gasteiger partial charge in [-0.25, -0.2) is 4.39 Å². The Morgan fingerprint density at radius 1 is 1.73 bits per heavy atom. The minimum atomic E-state index is -1.20. The molecule has 0 spiro atoms. The minimum absolute atomic E-state index is 0.0137. The molecular formula is C7H11FO3. The molecule has 2 atom stereocenters. The maximum absolute atomic E-state index is 12.9. The summed E-state index contributed by atoms with van der Waals surface area (Å²) in [6, 6.07) is 0. The molecule has 0 aliphatic carbocycles. The maximum atomic E-state index is 12.9. The largest absolute Gasteiger partial charge is 0.469 e. The zero-order valence-electron chi connectivity index (χ0n) is 6.38. The lowest BCUT2D eigenvalue weighted by atomic mass is 9.99. The molecule has 0 amide bonds. The zero-order chi connectivity index (χ0) is 8.27. The molecule has 64 valence electrons. The molecule has 1 saturated heterocycles. The molecule has 0 N–H and O–H groups in total. The Hall–Kier alpha value is -0.640. The first kappa shape index (κ1) is 8.46. The lowest BCUT2D eigenvalue weighted by Gasteiger charge is -2.23. The molecule has 1 rings (SSSR count). The van der Waals surface area contributed by atoms with E-state index in [9.17, 15) is 9.18 Å². The summed E-state index contributed by atoms with van der Waals surface area (Å²) in [4.78, 5) is 10.9. The lowest BCUT2D eigenvalue weighted by molar-refractivity contribution is -0.152. The van der Waals surface area contributed by atoms with Crippen LogP contribution in [0, 0.1) is 5.92 Å². The van der Waals surface area contributed by atoms with Crippen LogP contribution in [0.5, 0.6) is 0 Å². The third-order valence-electron chi connectivity index (χ3n) is 1.79. The Kier molecular flexibility index (Phi) is 2.82. The number of carbonyl (C=O) groups excluding carboxylic acids is 1. The number of hydrogen-bond donors (Lipinski definition) is 0. The number of methoxy groups -OCH3 is 1. The number of carbonyl (C=O) groups is 1. The third kappa shape index (κ3) is 1.89. The number of alkyl halides is 1. The van der Waals surface area contributed by atoms with Crippen molar-refractivity contribution in [2.45, 2.75) is 12.6 Å². The van der Waals surface area contributed by atoms with E-state index in [2.05, 4.69) is 4.74 Å². The molecule has 1 heterocycles. The first-order valence-corrected chi connectivity index (χ1v) is 3.55. The fourth-order valence-electron chi connectivity index (χ4n) is 1.12. The zero-order valence-corrected chi connectivity index (χ0v) is 6.38. The van der Waals surface area contributed by atoms with Crippen LogP contribution >= 0.6 is 0 Å². The lowest BCUT2D eigenvalue weighted by Crippen LogP contribution is -2.35. The Bertz CT molecular complexity index is 149. The number of hydrogen-bond acceptors (Lipinski definition) is 3. The van der Waals surface area contributed by atoms with Crippen molar-refractivity contribution < 1.29 is 18.7 Å². The van der Waals surface area contributed by atoms with Gasteiger partial charge < -0.3 is 9.47 Å². The quantitative estimate of drug-likeness (QED) is 0.528. The standard InChI is InChI=1S/C7H11FO3/c1-10-7(9)5-2-3-11-4-6(5)8/h5-6H,2-4H2,1H3/t5-,6-/m1/s1. The number of halogens is 1. The van der Waals surface area contributed by atoms with Gasteiger partial charge in [0.1, 0.15) is 6.17 Å². The normalized spacial score (nSPS) is 31.5. The molecule has 0 bridgehead atoms. The van der Waals surface area contributed by atoms with Crippen molar-refractivity contribution in [2.24, 2.45) is 5.92 Å². The van der Waals surface area contributed by atoms with Crippen LogP contribution in [0.3, 0.4) is 0 Å². The summed E-state index contributed by atoms with van der Waals surface area (Å²) in [6.07, 6.45) is -0.774. The molecule has 11 heavy (non-hydrogen) atoms. The highest BCUT2D eigenvalue weighted by Gasteiger charge is 2.32. The summed E-state index contributed by atoms with van der Waals surface area (Å²) in [5, 5.41) is 0. The first-order chi connectivity index (χ1) is 5.25. The SMILES string of the molecule is COC(=O)[C@@H]1CCOC[C@H]1F. The van der Waals surface area contributed by atoms with Gasteiger partial charge in [-0.15, -0.1) is 0 Å². The molecule has 0 unspecified atom stereocenters. The predicted octanol–water partition coefficient (Wildman–Crippen LogP) is 0.534. The van der Waals surface area contributed by atoms with Crippen molar-refractivity contribution in [3.63, 3.8) is 0 Å². The van der Waals surface area contributed by atoms with E-state index in [-0.39, 0.29) is 6.61 Å². The maximum Gasteiger partial charge on any atom is 0.311 e. The molecule has 1 fully saturated rings. The Morgan fingerprint density at radius 3 is 3.00 bits per heavy atom. The van der Waals surface area contributed by atoms with Gasteiger partial charge in [0.05, 0.1) is 19.6 Å². The van der Waals surface area contributed by atoms with Crippen molar-refractivity contribution in [3.05, 3.63) is 0 Å². The molecule has 0 aromatic rings. The molecule has 1 aliphatic rings. The summed E-state index contributed by atoms with van der Waals surface area (Å²) in [6.45, 7) is 0.458. The highest BCUT2D eigenvalue weighted by atomic mass is 19.1. The molecule has 3 nitrogen and oxygen atoms in total. The summed E-state index contributed by atoms with van der Waals surface area (Å²) in [5.74, 6) is -1.09. The predicted molar refractivity (Wildman–Crippen MR) is 35.8 cm³/mol. The summed E-state index contributed by atoms with van der Waals surface area (Å²) >= 11 is 0. The second-order valence-electron chi connectivity index (χ2n) is 2.51. The van der Waals surface area contributed by atoms with Gasteiger partial charge in [-0.3, -0.25) is 4.79 Å². The van der Waals surface area contributed by atoms with Gasteiger partial charge in [0, 0.05) is 6.61 Å². The fourth-order valence-corrected chi connectivity index (χ4v) is 1.12. The van der Waals surface area contributed by atoms with E-state index >= 15 is 0 Å². The van der Waals surface area contributed by atoms with Gasteiger partial charge in [-0.2, -0.15) is 0 Å². The minimum Gasteiger partial charge on any atom is -0.469 e. The first-order valence-electron chi connectivity index (χ1n) is 3.55. The number of ether oxygens (including phenoxy) is 2. The molecule has 0 aromatic heterocycles. The van der Waals surface area contributed by atoms with Crippen molar-refractivity contribution in [2.75, 3.05) is 20.3 Å². The second-order valence-corrected chi connectivity index (χ2v) is 2.51. The molecule has 0 radical (unpaired) electrons. The van der Waals surface area contributed by atoms with Gasteiger partial charge in [-0.1, -0.05) is 0 Å². The molecule has 1 aliphatic heterocycles. The van der Waals surface area contributed by atoms with Crippen molar-refractivity contribution in [3.8, 4) is 0 Å². The van der Waals surface area contributed by atoms with E-state index < -0.39 is 18.1 Å². The van der Waals surface area contributed by atoms with Crippen molar-refractivity contribution in [1.82, 2.24) is 0 Å². The monoisotopic (exact) mass is 162 g/mol. The van der Waals surface area contributed by atoms with Crippen LogP contribution in [0.2, 0.25) is 0 Å². The van der Waals surface area contributed by atoms with Crippen LogP contribution in [0.25, 0.3) is 0 Å². The van der Waals surface area contributed by atoms with Crippen LogP contribution in [0.1, 0.15) is 6.42 Å². The molecular weight excluding hydrogens is 151 g/mol. The highest BCUT2D eigenvalue weighted by molar-refractivity contribution is 5.73. The Balaban J connectivity index is 2.47. The third-order valence-corrected chi connectivity index (χ3v) is 1.79. The van der Waals surface area contributed by atoms with E-state index in [0.717, 1.165) is 0 Å². The van der Waals surface area contributed by atoms with E-state index in [0.29, 0.717) is 13.0 Å². The van der Waals surface area contributed by atoms with E-state index in [1.54, 1.807) is 0 Å². The van der Waals surface area contributed by atoms with Gasteiger partial charge in [0.25, 0.3) is 0 Å². The highest BCUT2D eigenvalue weighted by Crippen LogP contribution is 2.19. The van der Waals surface area contributed by atoms with Crippen LogP contribution in [-0.2, 0) is 14.3 Å². The number of esters is 1. The van der Waals surface area contributed by atoms with Crippen LogP contribution < -0.4 is 0 Å². The summed E-state index contributed by atoms with van der Waals surface area (Å²) in [5.41, 5.74) is 0. The van der Waals surface area contributed by atoms with Crippen molar-refractivity contribution >= 4 is 5.97 Å². The van der Waals surface area contributed by atoms with Crippen LogP contribution in [0.4, 0.5) is 4.39 Å². The van der Waals surface area contributed by atoms with Crippen LogP contribution in [-0.4, -0.2) is 32.5 Å². The van der Waals surface area contributed by atoms with Gasteiger partial charge in [0.15, 0.2) is 0 Å². The van der Waals surface area contributed by atoms with E-state index in [1.807, 2.05) is 0 Å². The summed E-state index contributed by atoms with van der Waals surface area (Å²) < 4.78 is 22.1. The molecule has 0 saturated carbocycles.